The van der Waals surface area contributed by atoms with Gasteiger partial charge in [-0.25, -0.2) is 0 Å². The summed E-state index contributed by atoms with van der Waals surface area (Å²) in [5.74, 6) is 0. The van der Waals surface area contributed by atoms with Crippen LogP contribution < -0.4 is 0 Å². The van der Waals surface area contributed by atoms with E-state index in [9.17, 15) is 8.42 Å². The topological polar surface area (TPSA) is 59.0 Å². The van der Waals surface area contributed by atoms with Crippen LogP contribution in [0.3, 0.4) is 0 Å². The van der Waals surface area contributed by atoms with Crippen LogP contribution in [0.25, 0.3) is 0 Å². The van der Waals surface area contributed by atoms with E-state index in [1.807, 2.05) is 19.1 Å². The Balaban J connectivity index is 1.79. The predicted molar refractivity (Wildman–Crippen MR) is 111 cm³/mol. The van der Waals surface area contributed by atoms with Crippen LogP contribution in [0.1, 0.15) is 37.7 Å². The van der Waals surface area contributed by atoms with Crippen LogP contribution >= 0.6 is 0 Å². The molecule has 1 aromatic carbocycles. The summed E-state index contributed by atoms with van der Waals surface area (Å²) in [5, 5.41) is 2.40. The van der Waals surface area contributed by atoms with Gasteiger partial charge in [-0.3, -0.25) is 4.90 Å². The van der Waals surface area contributed by atoms with E-state index >= 15 is 0 Å². The number of aryl methyl sites for hydroxylation is 1. The molecular formula is C20H30N2O3S2. The molecule has 3 rings (SSSR count). The molecule has 2 aliphatic rings. The normalized spacial score (nSPS) is 21.7. The fourth-order valence-corrected chi connectivity index (χ4v) is 7.18. The van der Waals surface area contributed by atoms with Gasteiger partial charge >= 0.3 is 0 Å². The average molecular weight is 411 g/mol. The van der Waals surface area contributed by atoms with Crippen molar-refractivity contribution >= 4 is 20.7 Å². The van der Waals surface area contributed by atoms with Crippen LogP contribution in [0.2, 0.25) is 0 Å². The highest BCUT2D eigenvalue weighted by Crippen LogP contribution is 2.26. The number of rotatable bonds is 6. The number of morpholine rings is 1. The molecule has 1 saturated heterocycles. The number of ether oxygens (including phenoxy) is 1. The Morgan fingerprint density at radius 2 is 1.81 bits per heavy atom. The lowest BCUT2D eigenvalue weighted by Gasteiger charge is -2.25. The number of sulfonamides is 1. The van der Waals surface area contributed by atoms with Gasteiger partial charge in [0.05, 0.1) is 18.1 Å². The second kappa shape index (κ2) is 9.96. The van der Waals surface area contributed by atoms with Crippen molar-refractivity contribution in [2.45, 2.75) is 49.2 Å². The van der Waals surface area contributed by atoms with Crippen molar-refractivity contribution in [2.75, 3.05) is 32.8 Å². The first kappa shape index (κ1) is 20.7. The Hall–Kier alpha value is -1.02. The number of hydrogen-bond acceptors (Lipinski definition) is 4. The molecule has 5 nitrogen and oxygen atoms in total. The molecule has 1 aromatic rings. The van der Waals surface area contributed by atoms with Crippen molar-refractivity contribution in [3.63, 3.8) is 0 Å². The number of hydrogen-bond donors (Lipinski definition) is 0. The highest BCUT2D eigenvalue weighted by molar-refractivity contribution is 8.01. The van der Waals surface area contributed by atoms with E-state index in [1.165, 1.54) is 19.3 Å². The Labute approximate surface area is 166 Å². The third-order valence-corrected chi connectivity index (χ3v) is 9.07. The first-order valence-electron chi connectivity index (χ1n) is 9.78. The monoisotopic (exact) mass is 410 g/mol. The van der Waals surface area contributed by atoms with E-state index in [-0.39, 0.29) is 0 Å². The second-order valence-electron chi connectivity index (χ2n) is 7.25. The van der Waals surface area contributed by atoms with Crippen LogP contribution in [-0.4, -0.2) is 51.4 Å². The third-order valence-electron chi connectivity index (χ3n) is 5.10. The van der Waals surface area contributed by atoms with Crippen LogP contribution in [0.15, 0.2) is 44.4 Å². The van der Waals surface area contributed by atoms with Crippen LogP contribution in [-0.2, 0) is 25.5 Å². The van der Waals surface area contributed by atoms with E-state index in [1.54, 1.807) is 12.1 Å². The van der Waals surface area contributed by atoms with Gasteiger partial charge in [0.2, 0.25) is 0 Å². The minimum absolute atomic E-state index is 0.294. The maximum atomic E-state index is 12.8. The molecule has 0 bridgehead atoms. The summed E-state index contributed by atoms with van der Waals surface area (Å²) in [6.45, 7) is 6.19. The van der Waals surface area contributed by atoms with Gasteiger partial charge in [0.25, 0.3) is 10.0 Å². The summed E-state index contributed by atoms with van der Waals surface area (Å²) in [6.07, 6.45) is 7.83. The maximum Gasteiger partial charge on any atom is 0.288 e. The van der Waals surface area contributed by atoms with Crippen molar-refractivity contribution in [3.8, 4) is 0 Å². The smallest absolute Gasteiger partial charge is 0.288 e. The van der Waals surface area contributed by atoms with E-state index < -0.39 is 20.7 Å². The van der Waals surface area contributed by atoms with Crippen molar-refractivity contribution in [3.05, 3.63) is 41.3 Å². The largest absolute Gasteiger partial charge is 0.379 e. The average Bonchev–Trinajstić information content (AvgIpc) is 2.69. The molecule has 0 aromatic heterocycles. The van der Waals surface area contributed by atoms with Crippen molar-refractivity contribution in [1.29, 1.82) is 0 Å². The van der Waals surface area contributed by atoms with Gasteiger partial charge in [-0.05, 0) is 37.3 Å². The highest BCUT2D eigenvalue weighted by atomic mass is 32.3. The zero-order valence-electron chi connectivity index (χ0n) is 16.0. The molecule has 1 aliphatic heterocycles. The van der Waals surface area contributed by atoms with Crippen molar-refractivity contribution in [2.24, 2.45) is 3.77 Å². The second-order valence-corrected chi connectivity index (χ2v) is 10.9. The van der Waals surface area contributed by atoms with Gasteiger partial charge < -0.3 is 4.74 Å². The Morgan fingerprint density at radius 3 is 2.48 bits per heavy atom. The number of nitrogens with zero attached hydrogens (tertiary/aromatic N) is 2. The third kappa shape index (κ3) is 6.24. The molecule has 2 fully saturated rings. The molecular weight excluding hydrogens is 380 g/mol. The molecule has 1 unspecified atom stereocenters. The fourth-order valence-electron chi connectivity index (χ4n) is 3.44. The first-order valence-corrected chi connectivity index (χ1v) is 12.5. The van der Waals surface area contributed by atoms with Gasteiger partial charge in [0, 0.05) is 24.9 Å². The zero-order chi connectivity index (χ0) is 19.1. The molecule has 150 valence electrons. The lowest BCUT2D eigenvalue weighted by molar-refractivity contribution is 0.0434. The highest BCUT2D eigenvalue weighted by Gasteiger charge is 2.21. The van der Waals surface area contributed by atoms with Crippen LogP contribution in [0.5, 0.6) is 0 Å². The van der Waals surface area contributed by atoms with Crippen molar-refractivity contribution in [1.82, 2.24) is 4.90 Å². The van der Waals surface area contributed by atoms with E-state index in [2.05, 4.69) is 20.2 Å². The molecule has 0 amide bonds. The van der Waals surface area contributed by atoms with E-state index in [0.29, 0.717) is 10.1 Å². The fraction of sp³-hybridized carbons (Fsp3) is 0.600. The molecule has 1 aliphatic carbocycles. The number of benzene rings is 1. The lowest BCUT2D eigenvalue weighted by Crippen LogP contribution is -2.36. The van der Waals surface area contributed by atoms with Gasteiger partial charge in [-0.2, -0.15) is 8.42 Å². The summed E-state index contributed by atoms with van der Waals surface area (Å²) in [6, 6.07) is 6.98. The van der Waals surface area contributed by atoms with E-state index in [4.69, 9.17) is 4.74 Å². The minimum atomic E-state index is -3.63. The van der Waals surface area contributed by atoms with Crippen LogP contribution in [0, 0.1) is 6.92 Å². The van der Waals surface area contributed by atoms with Crippen molar-refractivity contribution < 1.29 is 13.2 Å². The van der Waals surface area contributed by atoms with Gasteiger partial charge in [0.15, 0.2) is 0 Å². The molecule has 7 heteroatoms. The SMILES string of the molecule is Cc1ccc(S(=O)(=O)/N=S(/C=C/CN2CCOCC2)C2CCCCC2)cc1. The van der Waals surface area contributed by atoms with Crippen LogP contribution in [0.4, 0.5) is 0 Å². The summed E-state index contributed by atoms with van der Waals surface area (Å²) >= 11 is 0. The molecule has 0 N–H and O–H groups in total. The van der Waals surface area contributed by atoms with Gasteiger partial charge in [-0.15, -0.1) is 3.77 Å². The summed E-state index contributed by atoms with van der Waals surface area (Å²) in [4.78, 5) is 2.62. The van der Waals surface area contributed by atoms with Gasteiger partial charge in [-0.1, -0.05) is 53.7 Å². The standard InChI is InChI=1S/C20H30N2O3S2/c1-18-8-10-20(11-9-18)27(23,24)21-26(19-6-3-2-4-7-19)17-5-12-22-13-15-25-16-14-22/h5,8-11,17,19H,2-4,6-7,12-16H2,1H3/b17-5+. The zero-order valence-corrected chi connectivity index (χ0v) is 17.7. The molecule has 27 heavy (non-hydrogen) atoms. The quantitative estimate of drug-likeness (QED) is 0.718. The predicted octanol–water partition coefficient (Wildman–Crippen LogP) is 3.66. The molecule has 0 spiro atoms. The Kier molecular flexibility index (Phi) is 7.64. The first-order chi connectivity index (χ1) is 13.0. The minimum Gasteiger partial charge on any atom is -0.379 e. The summed E-state index contributed by atoms with van der Waals surface area (Å²) in [7, 11) is -4.22. The molecule has 1 atom stereocenters. The summed E-state index contributed by atoms with van der Waals surface area (Å²) < 4.78 is 35.4. The molecule has 1 heterocycles. The Morgan fingerprint density at radius 1 is 1.15 bits per heavy atom. The maximum absolute atomic E-state index is 12.8. The van der Waals surface area contributed by atoms with E-state index in [0.717, 1.165) is 51.3 Å². The lowest BCUT2D eigenvalue weighted by atomic mass is 10.0. The van der Waals surface area contributed by atoms with Gasteiger partial charge in [0.1, 0.15) is 0 Å². The Bertz CT molecular complexity index is 761. The molecule has 0 radical (unpaired) electrons. The summed E-state index contributed by atoms with van der Waals surface area (Å²) in [5.41, 5.74) is 1.05. The molecule has 1 saturated carbocycles.